The van der Waals surface area contributed by atoms with E-state index in [9.17, 15) is 9.18 Å². The van der Waals surface area contributed by atoms with Crippen LogP contribution in [-0.2, 0) is 4.79 Å². The van der Waals surface area contributed by atoms with Crippen LogP contribution in [0.5, 0.6) is 0 Å². The first-order chi connectivity index (χ1) is 8.50. The number of hydrogen-bond acceptors (Lipinski definition) is 2. The highest BCUT2D eigenvalue weighted by Crippen LogP contribution is 2.44. The van der Waals surface area contributed by atoms with Gasteiger partial charge in [0, 0.05) is 12.1 Å². The number of halogens is 2. The molecule has 2 unspecified atom stereocenters. The Morgan fingerprint density at radius 1 is 1.44 bits per heavy atom. The Bertz CT molecular complexity index is 534. The van der Waals surface area contributed by atoms with Gasteiger partial charge in [0.05, 0.1) is 21.8 Å². The van der Waals surface area contributed by atoms with Crippen molar-refractivity contribution in [2.45, 2.75) is 32.2 Å². The number of benzene rings is 1. The average Bonchev–Trinajstić information content (AvgIpc) is 2.64. The van der Waals surface area contributed by atoms with Gasteiger partial charge < -0.3 is 10.6 Å². The number of carbonyl (C=O) groups excluding carboxylic acids is 1. The van der Waals surface area contributed by atoms with Crippen molar-refractivity contribution < 1.29 is 9.18 Å². The lowest BCUT2D eigenvalue weighted by molar-refractivity contribution is -0.124. The van der Waals surface area contributed by atoms with Gasteiger partial charge in [0.2, 0.25) is 5.91 Å². The molecule has 1 aromatic rings. The van der Waals surface area contributed by atoms with Crippen LogP contribution in [0.2, 0.25) is 5.02 Å². The Morgan fingerprint density at radius 2 is 2.22 bits per heavy atom. The molecule has 0 aromatic heterocycles. The molecule has 1 aliphatic heterocycles. The van der Waals surface area contributed by atoms with Crippen LogP contribution in [0, 0.1) is 11.2 Å². The summed E-state index contributed by atoms with van der Waals surface area (Å²) < 4.78 is 13.4. The Hall–Kier alpha value is -1.29. The number of amides is 1. The van der Waals surface area contributed by atoms with Crippen molar-refractivity contribution in [3.05, 3.63) is 23.0 Å². The van der Waals surface area contributed by atoms with E-state index < -0.39 is 11.2 Å². The molecule has 3 rings (SSSR count). The van der Waals surface area contributed by atoms with Crippen LogP contribution in [0.4, 0.5) is 15.8 Å². The Morgan fingerprint density at radius 3 is 3.00 bits per heavy atom. The summed E-state index contributed by atoms with van der Waals surface area (Å²) in [5, 5.41) is 6.19. The van der Waals surface area contributed by atoms with Gasteiger partial charge in [-0.2, -0.15) is 0 Å². The maximum absolute atomic E-state index is 13.4. The second kappa shape index (κ2) is 3.85. The van der Waals surface area contributed by atoms with E-state index >= 15 is 0 Å². The summed E-state index contributed by atoms with van der Waals surface area (Å²) in [6, 6.07) is 2.89. The van der Waals surface area contributed by atoms with Crippen molar-refractivity contribution in [1.82, 2.24) is 0 Å². The minimum atomic E-state index is -0.519. The van der Waals surface area contributed by atoms with Gasteiger partial charge in [0.25, 0.3) is 0 Å². The first kappa shape index (κ1) is 11.8. The third kappa shape index (κ3) is 1.59. The number of anilines is 2. The van der Waals surface area contributed by atoms with E-state index in [0.29, 0.717) is 11.4 Å². The lowest BCUT2D eigenvalue weighted by atomic mass is 9.84. The molecular formula is C13H14ClFN2O. The standard InChI is InChI=1S/C13H14ClFN2O/c1-13-4-2-3-11(13)16-9-5-7(14)8(15)6-10(9)17-12(13)18/h5-6,11,16H,2-4H2,1H3,(H,17,18). The van der Waals surface area contributed by atoms with E-state index in [1.54, 1.807) is 0 Å². The number of hydrogen-bond donors (Lipinski definition) is 2. The van der Waals surface area contributed by atoms with Gasteiger partial charge >= 0.3 is 0 Å². The monoisotopic (exact) mass is 268 g/mol. The van der Waals surface area contributed by atoms with Gasteiger partial charge in [0.1, 0.15) is 5.82 Å². The summed E-state index contributed by atoms with van der Waals surface area (Å²) in [7, 11) is 0. The van der Waals surface area contributed by atoms with E-state index in [4.69, 9.17) is 11.6 Å². The molecule has 1 aliphatic carbocycles. The Labute approximate surface area is 110 Å². The summed E-state index contributed by atoms with van der Waals surface area (Å²) in [4.78, 5) is 12.3. The fraction of sp³-hybridized carbons (Fsp3) is 0.462. The number of nitrogens with one attached hydrogen (secondary N) is 2. The molecule has 2 N–H and O–H groups in total. The molecule has 3 nitrogen and oxygen atoms in total. The highest BCUT2D eigenvalue weighted by Gasteiger charge is 2.46. The van der Waals surface area contributed by atoms with Crippen molar-refractivity contribution in [2.24, 2.45) is 5.41 Å². The zero-order chi connectivity index (χ0) is 12.9. The SMILES string of the molecule is CC12CCCC1Nc1cc(Cl)c(F)cc1NC2=O. The van der Waals surface area contributed by atoms with Crippen molar-refractivity contribution in [3.8, 4) is 0 Å². The summed E-state index contributed by atoms with van der Waals surface area (Å²) in [6.07, 6.45) is 2.81. The summed E-state index contributed by atoms with van der Waals surface area (Å²) in [5.74, 6) is -0.562. The fourth-order valence-corrected chi connectivity index (χ4v) is 3.06. The topological polar surface area (TPSA) is 41.1 Å². The zero-order valence-corrected chi connectivity index (χ0v) is 10.8. The van der Waals surface area contributed by atoms with Crippen LogP contribution >= 0.6 is 11.6 Å². The molecule has 1 amide bonds. The van der Waals surface area contributed by atoms with Crippen molar-refractivity contribution in [2.75, 3.05) is 10.6 Å². The van der Waals surface area contributed by atoms with E-state index in [-0.39, 0.29) is 17.0 Å². The van der Waals surface area contributed by atoms with Crippen LogP contribution in [0.25, 0.3) is 0 Å². The zero-order valence-electron chi connectivity index (χ0n) is 10.0. The first-order valence-electron chi connectivity index (χ1n) is 6.08. The maximum atomic E-state index is 13.4. The molecule has 0 saturated heterocycles. The molecule has 1 fully saturated rings. The van der Waals surface area contributed by atoms with Gasteiger partial charge in [-0.1, -0.05) is 18.0 Å². The molecule has 18 heavy (non-hydrogen) atoms. The van der Waals surface area contributed by atoms with Gasteiger partial charge in [-0.05, 0) is 25.8 Å². The Kier molecular flexibility index (Phi) is 2.52. The summed E-state index contributed by atoms with van der Waals surface area (Å²) in [5.41, 5.74) is 0.741. The maximum Gasteiger partial charge on any atom is 0.232 e. The lowest BCUT2D eigenvalue weighted by Crippen LogP contribution is -2.41. The second-order valence-electron chi connectivity index (χ2n) is 5.27. The van der Waals surface area contributed by atoms with Crippen LogP contribution in [-0.4, -0.2) is 11.9 Å². The molecule has 0 spiro atoms. The second-order valence-corrected chi connectivity index (χ2v) is 5.68. The average molecular weight is 269 g/mol. The quantitative estimate of drug-likeness (QED) is 0.757. The van der Waals surface area contributed by atoms with Gasteiger partial charge in [0.15, 0.2) is 0 Å². The Balaban J connectivity index is 2.08. The smallest absolute Gasteiger partial charge is 0.232 e. The molecule has 0 radical (unpaired) electrons. The predicted molar refractivity (Wildman–Crippen MR) is 69.4 cm³/mol. The predicted octanol–water partition coefficient (Wildman–Crippen LogP) is 3.40. The van der Waals surface area contributed by atoms with Crippen LogP contribution < -0.4 is 10.6 Å². The van der Waals surface area contributed by atoms with E-state index in [0.717, 1.165) is 19.3 Å². The molecule has 2 atom stereocenters. The molecule has 1 saturated carbocycles. The van der Waals surface area contributed by atoms with E-state index in [1.807, 2.05) is 6.92 Å². The number of fused-ring (bicyclic) bond motifs is 2. The minimum Gasteiger partial charge on any atom is -0.380 e. The van der Waals surface area contributed by atoms with Gasteiger partial charge in [-0.25, -0.2) is 4.39 Å². The van der Waals surface area contributed by atoms with Crippen molar-refractivity contribution in [3.63, 3.8) is 0 Å². The van der Waals surface area contributed by atoms with Crippen LogP contribution in [0.15, 0.2) is 12.1 Å². The summed E-state index contributed by atoms with van der Waals surface area (Å²) in [6.45, 7) is 1.96. The van der Waals surface area contributed by atoms with Crippen LogP contribution in [0.1, 0.15) is 26.2 Å². The molecule has 5 heteroatoms. The third-order valence-electron chi connectivity index (χ3n) is 4.12. The van der Waals surface area contributed by atoms with E-state index in [2.05, 4.69) is 10.6 Å². The first-order valence-corrected chi connectivity index (χ1v) is 6.45. The van der Waals surface area contributed by atoms with E-state index in [1.165, 1.54) is 12.1 Å². The molecule has 96 valence electrons. The molecule has 1 aromatic carbocycles. The fourth-order valence-electron chi connectivity index (χ4n) is 2.89. The minimum absolute atomic E-state index is 0.0435. The summed E-state index contributed by atoms with van der Waals surface area (Å²) >= 11 is 5.79. The normalized spacial score (nSPS) is 29.9. The molecule has 1 heterocycles. The van der Waals surface area contributed by atoms with Crippen LogP contribution in [0.3, 0.4) is 0 Å². The highest BCUT2D eigenvalue weighted by atomic mass is 35.5. The largest absolute Gasteiger partial charge is 0.380 e. The van der Waals surface area contributed by atoms with Crippen molar-refractivity contribution >= 4 is 28.9 Å². The lowest BCUT2D eigenvalue weighted by Gasteiger charge is -2.27. The van der Waals surface area contributed by atoms with Crippen molar-refractivity contribution in [1.29, 1.82) is 0 Å². The van der Waals surface area contributed by atoms with Gasteiger partial charge in [-0.3, -0.25) is 4.79 Å². The highest BCUT2D eigenvalue weighted by molar-refractivity contribution is 6.31. The third-order valence-corrected chi connectivity index (χ3v) is 4.40. The molecular weight excluding hydrogens is 255 g/mol. The molecule has 0 bridgehead atoms. The number of carbonyl (C=O) groups is 1. The molecule has 2 aliphatic rings. The number of rotatable bonds is 0. The van der Waals surface area contributed by atoms with Gasteiger partial charge in [-0.15, -0.1) is 0 Å².